The van der Waals surface area contributed by atoms with E-state index >= 15 is 0 Å². The number of imidazole rings is 1. The van der Waals surface area contributed by atoms with Crippen LogP contribution in [0.4, 0.5) is 0 Å². The van der Waals surface area contributed by atoms with Crippen LogP contribution in [0.2, 0.25) is 0 Å². The topological polar surface area (TPSA) is 29.9 Å². The molecule has 1 saturated carbocycles. The maximum Gasteiger partial charge on any atom is 0.112 e. The van der Waals surface area contributed by atoms with E-state index in [0.717, 1.165) is 25.6 Å². The third kappa shape index (κ3) is 0.894. The molecule has 3 nitrogen and oxygen atoms in total. The molecule has 0 radical (unpaired) electrons. The number of nitrogens with zero attached hydrogens (tertiary/aromatic N) is 2. The molecule has 1 N–H and O–H groups in total. The monoisotopic (exact) mass is 163 g/mol. The van der Waals surface area contributed by atoms with Crippen LogP contribution in [0.25, 0.3) is 0 Å². The first-order chi connectivity index (χ1) is 5.95. The average Bonchev–Trinajstić information content (AvgIpc) is 2.86. The highest BCUT2D eigenvalue weighted by Crippen LogP contribution is 2.39. The molecule has 0 amide bonds. The van der Waals surface area contributed by atoms with E-state index < -0.39 is 0 Å². The summed E-state index contributed by atoms with van der Waals surface area (Å²) in [5.74, 6) is 2.13. The van der Waals surface area contributed by atoms with E-state index in [2.05, 4.69) is 14.9 Å². The highest BCUT2D eigenvalue weighted by molar-refractivity contribution is 5.14. The standard InChI is InChI=1S/C9H13N3/c1-2-7(1)9-11-6-8-5-10-3-4-12(8)9/h6-7,10H,1-5H2. The van der Waals surface area contributed by atoms with Crippen LogP contribution in [0.3, 0.4) is 0 Å². The van der Waals surface area contributed by atoms with Crippen molar-refractivity contribution in [3.8, 4) is 0 Å². The fourth-order valence-corrected chi connectivity index (χ4v) is 1.90. The summed E-state index contributed by atoms with van der Waals surface area (Å²) in [5, 5.41) is 3.35. The molecule has 1 aliphatic carbocycles. The number of fused-ring (bicyclic) bond motifs is 1. The third-order valence-corrected chi connectivity index (χ3v) is 2.73. The second-order valence-electron chi connectivity index (χ2n) is 3.71. The second kappa shape index (κ2) is 2.33. The van der Waals surface area contributed by atoms with Crippen molar-refractivity contribution in [2.45, 2.75) is 31.8 Å². The highest BCUT2D eigenvalue weighted by atomic mass is 15.1. The molecule has 2 heterocycles. The Morgan fingerprint density at radius 3 is 3.25 bits per heavy atom. The van der Waals surface area contributed by atoms with Crippen molar-refractivity contribution in [1.29, 1.82) is 0 Å². The summed E-state index contributed by atoms with van der Waals surface area (Å²) in [6, 6.07) is 0. The van der Waals surface area contributed by atoms with Gasteiger partial charge in [0.15, 0.2) is 0 Å². The van der Waals surface area contributed by atoms with Crippen LogP contribution in [0.5, 0.6) is 0 Å². The van der Waals surface area contributed by atoms with Gasteiger partial charge in [-0.15, -0.1) is 0 Å². The fourth-order valence-electron chi connectivity index (χ4n) is 1.90. The Morgan fingerprint density at radius 1 is 1.50 bits per heavy atom. The summed E-state index contributed by atoms with van der Waals surface area (Å²) in [5.41, 5.74) is 1.36. The Kier molecular flexibility index (Phi) is 1.29. The maximum absolute atomic E-state index is 4.48. The maximum atomic E-state index is 4.48. The average molecular weight is 163 g/mol. The normalized spacial score (nSPS) is 22.3. The van der Waals surface area contributed by atoms with Gasteiger partial charge in [-0.25, -0.2) is 4.98 Å². The Hall–Kier alpha value is -0.830. The summed E-state index contributed by atoms with van der Waals surface area (Å²) in [6.07, 6.45) is 4.73. The van der Waals surface area contributed by atoms with Crippen molar-refractivity contribution in [1.82, 2.24) is 14.9 Å². The summed E-state index contributed by atoms with van der Waals surface area (Å²) >= 11 is 0. The Labute approximate surface area is 71.8 Å². The molecule has 1 fully saturated rings. The van der Waals surface area contributed by atoms with Gasteiger partial charge in [0.25, 0.3) is 0 Å². The Morgan fingerprint density at radius 2 is 2.42 bits per heavy atom. The summed E-state index contributed by atoms with van der Waals surface area (Å²) in [4.78, 5) is 4.48. The molecule has 0 atom stereocenters. The van der Waals surface area contributed by atoms with Gasteiger partial charge in [0.2, 0.25) is 0 Å². The first-order valence-electron chi connectivity index (χ1n) is 4.70. The summed E-state index contributed by atoms with van der Waals surface area (Å²) in [6.45, 7) is 3.21. The molecule has 3 heteroatoms. The van der Waals surface area contributed by atoms with Gasteiger partial charge in [0.05, 0.1) is 5.69 Å². The molecule has 0 aromatic carbocycles. The van der Waals surface area contributed by atoms with Gasteiger partial charge in [0.1, 0.15) is 5.82 Å². The van der Waals surface area contributed by atoms with Crippen LogP contribution < -0.4 is 5.32 Å². The number of rotatable bonds is 1. The molecular weight excluding hydrogens is 150 g/mol. The van der Waals surface area contributed by atoms with E-state index in [1.165, 1.54) is 24.4 Å². The summed E-state index contributed by atoms with van der Waals surface area (Å²) in [7, 11) is 0. The molecule has 0 bridgehead atoms. The van der Waals surface area contributed by atoms with Crippen LogP contribution in [-0.4, -0.2) is 16.1 Å². The predicted molar refractivity (Wildman–Crippen MR) is 45.9 cm³/mol. The van der Waals surface area contributed by atoms with Crippen molar-refractivity contribution in [3.05, 3.63) is 17.7 Å². The van der Waals surface area contributed by atoms with E-state index in [1.807, 2.05) is 6.20 Å². The molecule has 0 unspecified atom stereocenters. The molecular formula is C9H13N3. The van der Waals surface area contributed by atoms with Gasteiger partial charge in [-0.05, 0) is 12.8 Å². The largest absolute Gasteiger partial charge is 0.329 e. The minimum absolute atomic E-state index is 0.789. The van der Waals surface area contributed by atoms with E-state index in [0.29, 0.717) is 0 Å². The van der Waals surface area contributed by atoms with Crippen LogP contribution in [-0.2, 0) is 13.1 Å². The molecule has 64 valence electrons. The zero-order chi connectivity index (χ0) is 7.97. The van der Waals surface area contributed by atoms with Crippen molar-refractivity contribution in [2.75, 3.05) is 6.54 Å². The van der Waals surface area contributed by atoms with E-state index in [1.54, 1.807) is 0 Å². The number of hydrogen-bond donors (Lipinski definition) is 1. The lowest BCUT2D eigenvalue weighted by Gasteiger charge is -2.17. The van der Waals surface area contributed by atoms with Crippen LogP contribution >= 0.6 is 0 Å². The Bertz CT molecular complexity index is 299. The van der Waals surface area contributed by atoms with Crippen LogP contribution in [0.15, 0.2) is 6.20 Å². The molecule has 12 heavy (non-hydrogen) atoms. The van der Waals surface area contributed by atoms with Gasteiger partial charge in [-0.3, -0.25) is 0 Å². The number of aromatic nitrogens is 2. The zero-order valence-electron chi connectivity index (χ0n) is 7.08. The molecule has 0 spiro atoms. The lowest BCUT2D eigenvalue weighted by molar-refractivity contribution is 0.501. The third-order valence-electron chi connectivity index (χ3n) is 2.73. The zero-order valence-corrected chi connectivity index (χ0v) is 7.08. The lowest BCUT2D eigenvalue weighted by atomic mass is 10.3. The van der Waals surface area contributed by atoms with Crippen molar-refractivity contribution in [2.24, 2.45) is 0 Å². The lowest BCUT2D eigenvalue weighted by Crippen LogP contribution is -2.28. The molecule has 1 aromatic rings. The van der Waals surface area contributed by atoms with Crippen molar-refractivity contribution < 1.29 is 0 Å². The smallest absolute Gasteiger partial charge is 0.112 e. The molecule has 0 saturated heterocycles. The summed E-state index contributed by atoms with van der Waals surface area (Å²) < 4.78 is 2.40. The molecule has 3 rings (SSSR count). The highest BCUT2D eigenvalue weighted by Gasteiger charge is 2.29. The fraction of sp³-hybridized carbons (Fsp3) is 0.667. The van der Waals surface area contributed by atoms with E-state index in [4.69, 9.17) is 0 Å². The minimum atomic E-state index is 0.789. The number of hydrogen-bond acceptors (Lipinski definition) is 2. The van der Waals surface area contributed by atoms with Gasteiger partial charge in [-0.1, -0.05) is 0 Å². The van der Waals surface area contributed by atoms with Crippen molar-refractivity contribution >= 4 is 0 Å². The molecule has 1 aliphatic heterocycles. The minimum Gasteiger partial charge on any atom is -0.329 e. The van der Waals surface area contributed by atoms with Gasteiger partial charge >= 0.3 is 0 Å². The Balaban J connectivity index is 2.03. The first-order valence-corrected chi connectivity index (χ1v) is 4.70. The van der Waals surface area contributed by atoms with E-state index in [-0.39, 0.29) is 0 Å². The van der Waals surface area contributed by atoms with Gasteiger partial charge in [-0.2, -0.15) is 0 Å². The van der Waals surface area contributed by atoms with Gasteiger partial charge in [0, 0.05) is 31.7 Å². The first kappa shape index (κ1) is 6.66. The molecule has 2 aliphatic rings. The quantitative estimate of drug-likeness (QED) is 0.665. The van der Waals surface area contributed by atoms with Gasteiger partial charge < -0.3 is 9.88 Å². The van der Waals surface area contributed by atoms with Crippen molar-refractivity contribution in [3.63, 3.8) is 0 Å². The molecule has 1 aromatic heterocycles. The van der Waals surface area contributed by atoms with Crippen LogP contribution in [0, 0.1) is 0 Å². The number of nitrogens with one attached hydrogen (secondary N) is 1. The van der Waals surface area contributed by atoms with E-state index in [9.17, 15) is 0 Å². The SMILES string of the molecule is c1nc(C2CC2)n2c1CNCC2. The van der Waals surface area contributed by atoms with Crippen LogP contribution in [0.1, 0.15) is 30.3 Å². The predicted octanol–water partition coefficient (Wildman–Crippen LogP) is 0.864. The second-order valence-corrected chi connectivity index (χ2v) is 3.71.